The first-order chi connectivity index (χ1) is 3.27. The second-order valence-electron chi connectivity index (χ2n) is 0.868. The molecule has 0 aliphatic rings. The van der Waals surface area contributed by atoms with E-state index in [2.05, 4.69) is 23.8 Å². The van der Waals surface area contributed by atoms with Crippen LogP contribution in [0.25, 0.3) is 0 Å². The molecule has 0 saturated carbocycles. The fourth-order valence-electron chi connectivity index (χ4n) is 0.122. The number of carbonyl (C=O) groups is 1. The Morgan fingerprint density at radius 3 is 2.38 bits per heavy atom. The largest absolute Gasteiger partial charge is 0.366 e. The Labute approximate surface area is 53.8 Å². The van der Waals surface area contributed by atoms with Gasteiger partial charge in [-0.2, -0.15) is 0 Å². The van der Waals surface area contributed by atoms with E-state index in [-0.39, 0.29) is 12.4 Å². The molecule has 0 fully saturated rings. The highest BCUT2D eigenvalue weighted by molar-refractivity contribution is 5.85. The van der Waals surface area contributed by atoms with E-state index in [1.807, 2.05) is 0 Å². The number of rotatable bonds is 1. The summed E-state index contributed by atoms with van der Waals surface area (Å²) in [5, 5.41) is 0. The summed E-state index contributed by atoms with van der Waals surface area (Å²) < 4.78 is 0. The van der Waals surface area contributed by atoms with Crippen LogP contribution in [0.4, 0.5) is 0 Å². The van der Waals surface area contributed by atoms with Crippen LogP contribution in [0, 0.1) is 0 Å². The minimum atomic E-state index is -0.531. The van der Waals surface area contributed by atoms with Gasteiger partial charge in [0.25, 0.3) is 0 Å². The number of halogens is 1. The number of hydrogen-bond donors (Lipinski definition) is 1. The molecule has 0 radical (unpaired) electrons. The van der Waals surface area contributed by atoms with Gasteiger partial charge in [-0.05, 0) is 6.58 Å². The Hall–Kier alpha value is -0.940. The van der Waals surface area contributed by atoms with Crippen molar-refractivity contribution in [2.75, 3.05) is 0 Å². The van der Waals surface area contributed by atoms with Gasteiger partial charge >= 0.3 is 0 Å². The second-order valence-corrected chi connectivity index (χ2v) is 0.868. The minimum Gasteiger partial charge on any atom is -0.366 e. The molecular formula is C5H6ClNO. The molecule has 0 aromatic rings. The molecule has 0 spiro atoms. The van der Waals surface area contributed by atoms with E-state index in [9.17, 15) is 4.79 Å². The van der Waals surface area contributed by atoms with Gasteiger partial charge in [0.1, 0.15) is 0 Å². The number of amides is 1. The predicted molar refractivity (Wildman–Crippen MR) is 33.7 cm³/mol. The van der Waals surface area contributed by atoms with E-state index in [4.69, 9.17) is 0 Å². The zero-order valence-corrected chi connectivity index (χ0v) is 4.99. The smallest absolute Gasteiger partial charge is 0.249 e. The predicted octanol–water partition coefficient (Wildman–Crippen LogP) is 0.390. The van der Waals surface area contributed by atoms with E-state index in [0.29, 0.717) is 0 Å². The zero-order valence-electron chi connectivity index (χ0n) is 4.18. The van der Waals surface area contributed by atoms with Gasteiger partial charge in [-0.3, -0.25) is 4.79 Å². The molecule has 8 heavy (non-hydrogen) atoms. The number of nitrogens with two attached hydrogens (primary N) is 1. The van der Waals surface area contributed by atoms with Crippen LogP contribution in [-0.2, 0) is 4.79 Å². The van der Waals surface area contributed by atoms with Crippen molar-refractivity contribution in [1.29, 1.82) is 0 Å². The summed E-state index contributed by atoms with van der Waals surface area (Å²) in [5.41, 5.74) is 9.18. The molecule has 0 atom stereocenters. The number of carbonyl (C=O) groups excluding carboxylic acids is 1. The van der Waals surface area contributed by atoms with Crippen molar-refractivity contribution in [3.05, 3.63) is 24.1 Å². The lowest BCUT2D eigenvalue weighted by Gasteiger charge is -1.66. The van der Waals surface area contributed by atoms with Gasteiger partial charge in [-0.25, -0.2) is 0 Å². The van der Waals surface area contributed by atoms with Crippen LogP contribution < -0.4 is 5.73 Å². The van der Waals surface area contributed by atoms with Gasteiger partial charge in [0.15, 0.2) is 0 Å². The van der Waals surface area contributed by atoms with Crippen LogP contribution in [0.1, 0.15) is 0 Å². The minimum absolute atomic E-state index is 0. The van der Waals surface area contributed by atoms with Crippen LogP contribution in [0.5, 0.6) is 0 Å². The fraction of sp³-hybridized carbons (Fsp3) is 0. The number of primary amides is 1. The average Bonchev–Trinajstić information content (AvgIpc) is 1.61. The van der Waals surface area contributed by atoms with Gasteiger partial charge in [-0.1, -0.05) is 11.5 Å². The maximum Gasteiger partial charge on any atom is 0.249 e. The van der Waals surface area contributed by atoms with Crippen molar-refractivity contribution in [3.8, 4) is 0 Å². The lowest BCUT2D eigenvalue weighted by molar-refractivity contribution is -0.113. The van der Waals surface area contributed by atoms with Crippen molar-refractivity contribution in [1.82, 2.24) is 0 Å². The lowest BCUT2D eigenvalue weighted by atomic mass is 10.6. The molecule has 0 unspecified atom stereocenters. The summed E-state index contributed by atoms with van der Waals surface area (Å²) in [5.74, 6) is -0.531. The molecule has 44 valence electrons. The summed E-state index contributed by atoms with van der Waals surface area (Å²) in [4.78, 5) is 9.79. The molecule has 0 saturated heterocycles. The Morgan fingerprint density at radius 2 is 2.25 bits per heavy atom. The quantitative estimate of drug-likeness (QED) is 0.406. The summed E-state index contributed by atoms with van der Waals surface area (Å²) in [6, 6.07) is 0. The van der Waals surface area contributed by atoms with Crippen molar-refractivity contribution in [3.63, 3.8) is 0 Å². The summed E-state index contributed by atoms with van der Waals surface area (Å²) >= 11 is 0. The highest BCUT2D eigenvalue weighted by atomic mass is 35.5. The van der Waals surface area contributed by atoms with Gasteiger partial charge in [0.05, 0.1) is 6.08 Å². The summed E-state index contributed by atoms with van der Waals surface area (Å²) in [6.45, 7) is 3.16. The summed E-state index contributed by atoms with van der Waals surface area (Å²) in [7, 11) is 0. The standard InChI is InChI=1S/C5H5NO.ClH/c1-2-3-4-5(6)7;/h4H,1H2,(H2,6,7);1H. The molecule has 1 amide bonds. The van der Waals surface area contributed by atoms with Crippen LogP contribution >= 0.6 is 12.4 Å². The fourth-order valence-corrected chi connectivity index (χ4v) is 0.122. The first kappa shape index (κ1) is 10.1. The molecule has 2 nitrogen and oxygen atoms in total. The normalized spacial score (nSPS) is 5.00. The monoisotopic (exact) mass is 131 g/mol. The first-order valence-electron chi connectivity index (χ1n) is 1.67. The third-order valence-corrected chi connectivity index (χ3v) is 0.316. The molecule has 0 bridgehead atoms. The number of hydrogen-bond acceptors (Lipinski definition) is 1. The maximum atomic E-state index is 9.79. The molecule has 3 heteroatoms. The maximum absolute atomic E-state index is 9.79. The molecule has 0 aliphatic carbocycles. The van der Waals surface area contributed by atoms with E-state index in [1.54, 1.807) is 0 Å². The Balaban J connectivity index is 0. The highest BCUT2D eigenvalue weighted by Crippen LogP contribution is 1.56. The second kappa shape index (κ2) is 6.06. The van der Waals surface area contributed by atoms with Crippen molar-refractivity contribution in [2.24, 2.45) is 5.73 Å². The van der Waals surface area contributed by atoms with Crippen molar-refractivity contribution >= 4 is 18.3 Å². The molecular weight excluding hydrogens is 126 g/mol. The Morgan fingerprint density at radius 1 is 1.75 bits per heavy atom. The Bertz CT molecular complexity index is 152. The van der Waals surface area contributed by atoms with E-state index in [0.717, 1.165) is 6.08 Å². The van der Waals surface area contributed by atoms with Crippen molar-refractivity contribution in [2.45, 2.75) is 0 Å². The Kier molecular flexibility index (Phi) is 7.67. The third-order valence-electron chi connectivity index (χ3n) is 0.316. The molecule has 0 aromatic heterocycles. The molecule has 0 heterocycles. The summed E-state index contributed by atoms with van der Waals surface area (Å²) in [6.07, 6.45) is 1.06. The van der Waals surface area contributed by atoms with Gasteiger partial charge in [-0.15, -0.1) is 12.4 Å². The molecule has 2 N–H and O–H groups in total. The van der Waals surface area contributed by atoms with Crippen LogP contribution in [0.3, 0.4) is 0 Å². The van der Waals surface area contributed by atoms with Crippen LogP contribution in [-0.4, -0.2) is 5.91 Å². The topological polar surface area (TPSA) is 43.1 Å². The first-order valence-corrected chi connectivity index (χ1v) is 1.67. The van der Waals surface area contributed by atoms with Crippen LogP contribution in [0.2, 0.25) is 0 Å². The van der Waals surface area contributed by atoms with Gasteiger partial charge < -0.3 is 5.73 Å². The molecule has 0 rings (SSSR count). The lowest BCUT2D eigenvalue weighted by Crippen LogP contribution is -2.04. The zero-order chi connectivity index (χ0) is 5.70. The molecule has 0 aromatic carbocycles. The van der Waals surface area contributed by atoms with Crippen molar-refractivity contribution < 1.29 is 4.79 Å². The van der Waals surface area contributed by atoms with Gasteiger partial charge in [0, 0.05) is 0 Å². The van der Waals surface area contributed by atoms with E-state index >= 15 is 0 Å². The van der Waals surface area contributed by atoms with Gasteiger partial charge in [0.2, 0.25) is 5.91 Å². The third kappa shape index (κ3) is 8.91. The van der Waals surface area contributed by atoms with Crippen LogP contribution in [0.15, 0.2) is 24.1 Å². The van der Waals surface area contributed by atoms with E-state index < -0.39 is 5.91 Å². The average molecular weight is 132 g/mol. The highest BCUT2D eigenvalue weighted by Gasteiger charge is 1.73. The molecule has 0 aliphatic heterocycles. The SMILES string of the molecule is C=C=C=CC(N)=O.Cl. The van der Waals surface area contributed by atoms with E-state index in [1.165, 1.54) is 0 Å².